The van der Waals surface area contributed by atoms with Crippen molar-refractivity contribution in [1.82, 2.24) is 15.1 Å². The lowest BCUT2D eigenvalue weighted by atomic mass is 10.1. The molecule has 0 atom stereocenters. The lowest BCUT2D eigenvalue weighted by Crippen LogP contribution is -2.47. The van der Waals surface area contributed by atoms with Gasteiger partial charge in [-0.3, -0.25) is 4.90 Å². The predicted octanol–water partition coefficient (Wildman–Crippen LogP) is 1.58. The van der Waals surface area contributed by atoms with Crippen molar-refractivity contribution in [2.45, 2.75) is 13.0 Å². The lowest BCUT2D eigenvalue weighted by molar-refractivity contribution is 0.159. The fraction of sp³-hybridized carbons (Fsp3) is 0.500. The molecule has 1 saturated heterocycles. The number of benzene rings is 1. The topological polar surface area (TPSA) is 54.6 Å². The Morgan fingerprint density at radius 3 is 2.59 bits per heavy atom. The molecule has 0 unspecified atom stereocenters. The molecule has 6 heteroatoms. The maximum Gasteiger partial charge on any atom is 0.318 e. The standard InChI is InChI=1S/C16H22N4O2/c1-21-13-15-17-18-16(22-15)20-11-9-19(10-12-20)8-7-14-5-3-2-4-6-14/h2-6H,7-13H2,1H3. The predicted molar refractivity (Wildman–Crippen MR) is 83.8 cm³/mol. The highest BCUT2D eigenvalue weighted by atomic mass is 16.5. The van der Waals surface area contributed by atoms with E-state index in [9.17, 15) is 0 Å². The number of nitrogens with zero attached hydrogens (tertiary/aromatic N) is 4. The van der Waals surface area contributed by atoms with Gasteiger partial charge in [0.2, 0.25) is 5.89 Å². The van der Waals surface area contributed by atoms with E-state index < -0.39 is 0 Å². The molecule has 1 aliphatic heterocycles. The molecule has 0 spiro atoms. The maximum atomic E-state index is 5.59. The normalized spacial score (nSPS) is 16.1. The van der Waals surface area contributed by atoms with Crippen molar-refractivity contribution in [3.05, 3.63) is 41.8 Å². The molecule has 0 bridgehead atoms. The number of aromatic nitrogens is 2. The van der Waals surface area contributed by atoms with Gasteiger partial charge in [0.25, 0.3) is 0 Å². The summed E-state index contributed by atoms with van der Waals surface area (Å²) in [5.74, 6) is 0.531. The number of hydrogen-bond acceptors (Lipinski definition) is 6. The van der Waals surface area contributed by atoms with Gasteiger partial charge in [-0.1, -0.05) is 35.4 Å². The Balaban J connectivity index is 1.45. The molecule has 2 aromatic rings. The molecule has 1 fully saturated rings. The van der Waals surface area contributed by atoms with Crippen molar-refractivity contribution in [3.63, 3.8) is 0 Å². The summed E-state index contributed by atoms with van der Waals surface area (Å²) in [5.41, 5.74) is 1.39. The number of anilines is 1. The third kappa shape index (κ3) is 3.84. The zero-order chi connectivity index (χ0) is 15.2. The van der Waals surface area contributed by atoms with Gasteiger partial charge in [0.1, 0.15) is 6.61 Å². The van der Waals surface area contributed by atoms with Gasteiger partial charge in [0.15, 0.2) is 0 Å². The highest BCUT2D eigenvalue weighted by Gasteiger charge is 2.21. The van der Waals surface area contributed by atoms with Crippen LogP contribution in [0.2, 0.25) is 0 Å². The van der Waals surface area contributed by atoms with Crippen LogP contribution < -0.4 is 4.90 Å². The largest absolute Gasteiger partial charge is 0.405 e. The molecule has 118 valence electrons. The SMILES string of the molecule is COCc1nnc(N2CCN(CCc3ccccc3)CC2)o1. The lowest BCUT2D eigenvalue weighted by Gasteiger charge is -2.33. The average Bonchev–Trinajstić information content (AvgIpc) is 3.03. The van der Waals surface area contributed by atoms with E-state index in [1.54, 1.807) is 7.11 Å². The monoisotopic (exact) mass is 302 g/mol. The number of rotatable bonds is 6. The Morgan fingerprint density at radius 2 is 1.86 bits per heavy atom. The number of ether oxygens (including phenoxy) is 1. The van der Waals surface area contributed by atoms with E-state index in [0.29, 0.717) is 18.5 Å². The van der Waals surface area contributed by atoms with E-state index in [4.69, 9.17) is 9.15 Å². The Morgan fingerprint density at radius 1 is 1.09 bits per heavy atom. The summed E-state index contributed by atoms with van der Waals surface area (Å²) < 4.78 is 10.6. The van der Waals surface area contributed by atoms with Crippen LogP contribution in [0.4, 0.5) is 6.01 Å². The first kappa shape index (κ1) is 15.0. The van der Waals surface area contributed by atoms with Gasteiger partial charge in [-0.15, -0.1) is 5.10 Å². The summed E-state index contributed by atoms with van der Waals surface area (Å²) in [6.07, 6.45) is 1.10. The minimum Gasteiger partial charge on any atom is -0.405 e. The van der Waals surface area contributed by atoms with Gasteiger partial charge in [0.05, 0.1) is 0 Å². The summed E-state index contributed by atoms with van der Waals surface area (Å²) in [6, 6.07) is 11.2. The van der Waals surface area contributed by atoms with Crippen LogP contribution >= 0.6 is 0 Å². The van der Waals surface area contributed by atoms with Crippen LogP contribution in [0.3, 0.4) is 0 Å². The van der Waals surface area contributed by atoms with E-state index in [1.165, 1.54) is 5.56 Å². The molecule has 0 saturated carbocycles. The Hall–Kier alpha value is -1.92. The van der Waals surface area contributed by atoms with Gasteiger partial charge in [-0.05, 0) is 12.0 Å². The second-order valence-electron chi connectivity index (χ2n) is 5.48. The van der Waals surface area contributed by atoms with Gasteiger partial charge in [-0.2, -0.15) is 0 Å². The molecule has 3 rings (SSSR count). The van der Waals surface area contributed by atoms with Crippen LogP contribution in [0.15, 0.2) is 34.7 Å². The van der Waals surface area contributed by atoms with Crippen molar-refractivity contribution in [2.24, 2.45) is 0 Å². The third-order valence-electron chi connectivity index (χ3n) is 3.93. The number of hydrogen-bond donors (Lipinski definition) is 0. The zero-order valence-corrected chi connectivity index (χ0v) is 12.9. The summed E-state index contributed by atoms with van der Waals surface area (Å²) in [6.45, 7) is 5.34. The van der Waals surface area contributed by atoms with Crippen LogP contribution in [-0.2, 0) is 17.8 Å². The van der Waals surface area contributed by atoms with Crippen LogP contribution in [0.25, 0.3) is 0 Å². The van der Waals surface area contributed by atoms with Crippen molar-refractivity contribution >= 4 is 6.01 Å². The molecule has 1 aromatic carbocycles. The van der Waals surface area contributed by atoms with E-state index in [-0.39, 0.29) is 0 Å². The van der Waals surface area contributed by atoms with Crippen molar-refractivity contribution in [2.75, 3.05) is 44.7 Å². The quantitative estimate of drug-likeness (QED) is 0.807. The summed E-state index contributed by atoms with van der Waals surface area (Å²) >= 11 is 0. The minimum atomic E-state index is 0.365. The number of piperazine rings is 1. The second kappa shape index (κ2) is 7.38. The van der Waals surface area contributed by atoms with Gasteiger partial charge in [0, 0.05) is 39.8 Å². The van der Waals surface area contributed by atoms with E-state index >= 15 is 0 Å². The second-order valence-corrected chi connectivity index (χ2v) is 5.48. The molecule has 6 nitrogen and oxygen atoms in total. The summed E-state index contributed by atoms with van der Waals surface area (Å²) in [4.78, 5) is 4.63. The zero-order valence-electron chi connectivity index (χ0n) is 12.9. The fourth-order valence-corrected chi connectivity index (χ4v) is 2.65. The Bertz CT molecular complexity index is 565. The van der Waals surface area contributed by atoms with Gasteiger partial charge >= 0.3 is 6.01 Å². The fourth-order valence-electron chi connectivity index (χ4n) is 2.65. The average molecular weight is 302 g/mol. The Labute approximate surface area is 130 Å². The summed E-state index contributed by atoms with van der Waals surface area (Å²) in [7, 11) is 1.62. The highest BCUT2D eigenvalue weighted by Crippen LogP contribution is 2.15. The molecule has 0 radical (unpaired) electrons. The molecule has 1 aliphatic rings. The molecule has 0 amide bonds. The van der Waals surface area contributed by atoms with Crippen LogP contribution in [0, 0.1) is 0 Å². The van der Waals surface area contributed by atoms with Crippen LogP contribution in [0.1, 0.15) is 11.5 Å². The summed E-state index contributed by atoms with van der Waals surface area (Å²) in [5, 5.41) is 8.07. The third-order valence-corrected chi connectivity index (χ3v) is 3.93. The molecule has 2 heterocycles. The highest BCUT2D eigenvalue weighted by molar-refractivity contribution is 5.25. The first-order valence-electron chi connectivity index (χ1n) is 7.67. The van der Waals surface area contributed by atoms with Crippen LogP contribution in [-0.4, -0.2) is 54.9 Å². The minimum absolute atomic E-state index is 0.365. The molecular formula is C16H22N4O2. The van der Waals surface area contributed by atoms with E-state index in [2.05, 4.69) is 50.3 Å². The molecule has 0 aliphatic carbocycles. The molecule has 0 N–H and O–H groups in total. The smallest absolute Gasteiger partial charge is 0.318 e. The van der Waals surface area contributed by atoms with Gasteiger partial charge in [-0.25, -0.2) is 0 Å². The molecule has 22 heavy (non-hydrogen) atoms. The van der Waals surface area contributed by atoms with Crippen LogP contribution in [0.5, 0.6) is 0 Å². The van der Waals surface area contributed by atoms with Crippen molar-refractivity contribution in [3.8, 4) is 0 Å². The van der Waals surface area contributed by atoms with Gasteiger partial charge < -0.3 is 14.1 Å². The van der Waals surface area contributed by atoms with Crippen molar-refractivity contribution < 1.29 is 9.15 Å². The van der Waals surface area contributed by atoms with E-state index in [0.717, 1.165) is 39.1 Å². The maximum absolute atomic E-state index is 5.59. The molecular weight excluding hydrogens is 280 g/mol. The number of methoxy groups -OCH3 is 1. The first-order valence-corrected chi connectivity index (χ1v) is 7.67. The molecule has 1 aromatic heterocycles. The van der Waals surface area contributed by atoms with Crippen molar-refractivity contribution in [1.29, 1.82) is 0 Å². The van der Waals surface area contributed by atoms with E-state index in [1.807, 2.05) is 0 Å². The first-order chi connectivity index (χ1) is 10.8. The Kier molecular flexibility index (Phi) is 5.03.